The highest BCUT2D eigenvalue weighted by atomic mass is 32.1. The van der Waals surface area contributed by atoms with Crippen LogP contribution in [0.5, 0.6) is 0 Å². The summed E-state index contributed by atoms with van der Waals surface area (Å²) in [7, 11) is 0. The Morgan fingerprint density at radius 1 is 1.17 bits per heavy atom. The van der Waals surface area contributed by atoms with Gasteiger partial charge in [0.1, 0.15) is 17.0 Å². The Kier molecular flexibility index (Phi) is 4.02. The van der Waals surface area contributed by atoms with E-state index in [0.717, 1.165) is 47.9 Å². The Morgan fingerprint density at radius 3 is 2.83 bits per heavy atom. The summed E-state index contributed by atoms with van der Waals surface area (Å²) in [6.07, 6.45) is 7.49. The summed E-state index contributed by atoms with van der Waals surface area (Å²) in [4.78, 5) is 22.3. The molecule has 0 saturated carbocycles. The van der Waals surface area contributed by atoms with Crippen LogP contribution >= 0.6 is 11.3 Å². The fourth-order valence-electron chi connectivity index (χ4n) is 3.22. The third-order valence-electron chi connectivity index (χ3n) is 4.56. The van der Waals surface area contributed by atoms with Crippen LogP contribution in [0.1, 0.15) is 23.3 Å². The molecule has 124 valence electrons. The quantitative estimate of drug-likeness (QED) is 0.790. The maximum atomic E-state index is 4.51. The molecule has 0 aromatic carbocycles. The standard InChI is InChI=1S/C17H20N6S/c1-11-12(2)24-16-14(11)15(20-10-21-16)22-13-5-3-8-23(9-13)17-18-6-4-7-19-17/h4,6-7,10,13H,3,5,8-9H2,1-2H3,(H,20,21,22). The molecule has 1 atom stereocenters. The van der Waals surface area contributed by atoms with Gasteiger partial charge in [0.05, 0.1) is 5.39 Å². The number of nitrogens with one attached hydrogen (secondary N) is 1. The van der Waals surface area contributed by atoms with Crippen LogP contribution in [0.2, 0.25) is 0 Å². The normalized spacial score (nSPS) is 18.1. The maximum Gasteiger partial charge on any atom is 0.225 e. The van der Waals surface area contributed by atoms with Crippen molar-refractivity contribution in [1.82, 2.24) is 19.9 Å². The largest absolute Gasteiger partial charge is 0.365 e. The lowest BCUT2D eigenvalue weighted by atomic mass is 10.1. The number of hydrogen-bond donors (Lipinski definition) is 1. The molecule has 0 amide bonds. The second kappa shape index (κ2) is 6.32. The molecule has 0 spiro atoms. The molecule has 6 nitrogen and oxygen atoms in total. The second-order valence-corrected chi connectivity index (χ2v) is 7.37. The van der Waals surface area contributed by atoms with E-state index in [1.54, 1.807) is 30.1 Å². The molecular weight excluding hydrogens is 320 g/mol. The van der Waals surface area contributed by atoms with Crippen molar-refractivity contribution >= 4 is 33.3 Å². The fraction of sp³-hybridized carbons (Fsp3) is 0.412. The van der Waals surface area contributed by atoms with E-state index >= 15 is 0 Å². The van der Waals surface area contributed by atoms with E-state index in [0.29, 0.717) is 6.04 Å². The molecule has 1 aliphatic rings. The van der Waals surface area contributed by atoms with E-state index in [2.05, 4.69) is 44.0 Å². The Bertz CT molecular complexity index is 847. The van der Waals surface area contributed by atoms with Crippen LogP contribution in [0.15, 0.2) is 24.8 Å². The molecule has 1 unspecified atom stereocenters. The predicted molar refractivity (Wildman–Crippen MR) is 97.8 cm³/mol. The summed E-state index contributed by atoms with van der Waals surface area (Å²) in [6.45, 7) is 6.17. The first-order chi connectivity index (χ1) is 11.7. The van der Waals surface area contributed by atoms with Crippen molar-refractivity contribution in [2.75, 3.05) is 23.3 Å². The third kappa shape index (κ3) is 2.80. The number of piperidine rings is 1. The monoisotopic (exact) mass is 340 g/mol. The van der Waals surface area contributed by atoms with Crippen molar-refractivity contribution < 1.29 is 0 Å². The number of anilines is 2. The lowest BCUT2D eigenvalue weighted by Crippen LogP contribution is -2.43. The molecule has 1 fully saturated rings. The minimum absolute atomic E-state index is 0.334. The number of aromatic nitrogens is 4. The molecule has 3 aromatic rings. The van der Waals surface area contributed by atoms with Gasteiger partial charge in [0.15, 0.2) is 0 Å². The number of rotatable bonds is 3. The molecule has 1 N–H and O–H groups in total. The van der Waals surface area contributed by atoms with Gasteiger partial charge in [-0.05, 0) is 38.3 Å². The van der Waals surface area contributed by atoms with Gasteiger partial charge in [-0.3, -0.25) is 0 Å². The topological polar surface area (TPSA) is 66.8 Å². The summed E-state index contributed by atoms with van der Waals surface area (Å²) in [5.74, 6) is 1.75. The van der Waals surface area contributed by atoms with E-state index in [-0.39, 0.29) is 0 Å². The molecule has 0 aliphatic carbocycles. The highest BCUT2D eigenvalue weighted by Gasteiger charge is 2.23. The van der Waals surface area contributed by atoms with Crippen molar-refractivity contribution in [3.05, 3.63) is 35.2 Å². The molecule has 3 aromatic heterocycles. The molecule has 1 aliphatic heterocycles. The third-order valence-corrected chi connectivity index (χ3v) is 5.68. The van der Waals surface area contributed by atoms with Crippen LogP contribution in [-0.2, 0) is 0 Å². The Labute approximate surface area is 145 Å². The van der Waals surface area contributed by atoms with Crippen LogP contribution in [0.3, 0.4) is 0 Å². The van der Waals surface area contributed by atoms with Gasteiger partial charge < -0.3 is 10.2 Å². The molecular formula is C17H20N6S. The van der Waals surface area contributed by atoms with Crippen molar-refractivity contribution in [3.8, 4) is 0 Å². The van der Waals surface area contributed by atoms with Crippen molar-refractivity contribution in [2.45, 2.75) is 32.7 Å². The van der Waals surface area contributed by atoms with Gasteiger partial charge in [-0.1, -0.05) is 0 Å². The Hall–Kier alpha value is -2.28. The number of nitrogens with zero attached hydrogens (tertiary/aromatic N) is 5. The van der Waals surface area contributed by atoms with Gasteiger partial charge in [-0.25, -0.2) is 19.9 Å². The summed E-state index contributed by atoms with van der Waals surface area (Å²) in [5.41, 5.74) is 1.28. The number of fused-ring (bicyclic) bond motifs is 1. The van der Waals surface area contributed by atoms with E-state index < -0.39 is 0 Å². The SMILES string of the molecule is Cc1sc2ncnc(NC3CCCN(c4ncccn4)C3)c2c1C. The first-order valence-corrected chi connectivity index (χ1v) is 9.03. The maximum absolute atomic E-state index is 4.51. The molecule has 1 saturated heterocycles. The summed E-state index contributed by atoms with van der Waals surface area (Å²) >= 11 is 1.73. The summed E-state index contributed by atoms with van der Waals surface area (Å²) in [6, 6.07) is 2.18. The molecule has 24 heavy (non-hydrogen) atoms. The van der Waals surface area contributed by atoms with Crippen LogP contribution in [0.25, 0.3) is 10.2 Å². The average Bonchev–Trinajstić information content (AvgIpc) is 2.91. The van der Waals surface area contributed by atoms with Crippen LogP contribution in [-0.4, -0.2) is 39.1 Å². The first kappa shape index (κ1) is 15.3. The zero-order chi connectivity index (χ0) is 16.5. The van der Waals surface area contributed by atoms with Crippen LogP contribution in [0.4, 0.5) is 11.8 Å². The number of hydrogen-bond acceptors (Lipinski definition) is 7. The fourth-order valence-corrected chi connectivity index (χ4v) is 4.21. The molecule has 0 bridgehead atoms. The second-order valence-electron chi connectivity index (χ2n) is 6.16. The molecule has 4 heterocycles. The number of thiophene rings is 1. The summed E-state index contributed by atoms with van der Waals surface area (Å²) < 4.78 is 0. The van der Waals surface area contributed by atoms with Crippen LogP contribution in [0, 0.1) is 13.8 Å². The predicted octanol–water partition coefficient (Wildman–Crippen LogP) is 3.18. The van der Waals surface area contributed by atoms with Gasteiger partial charge in [-0.2, -0.15) is 0 Å². The van der Waals surface area contributed by atoms with E-state index in [1.807, 2.05) is 6.07 Å². The molecule has 4 rings (SSSR count). The lowest BCUT2D eigenvalue weighted by Gasteiger charge is -2.33. The van der Waals surface area contributed by atoms with Crippen LogP contribution < -0.4 is 10.2 Å². The Morgan fingerprint density at radius 2 is 2.00 bits per heavy atom. The minimum Gasteiger partial charge on any atom is -0.365 e. The van der Waals surface area contributed by atoms with Crippen molar-refractivity contribution in [3.63, 3.8) is 0 Å². The minimum atomic E-state index is 0.334. The van der Waals surface area contributed by atoms with Gasteiger partial charge in [0, 0.05) is 36.4 Å². The highest BCUT2D eigenvalue weighted by molar-refractivity contribution is 7.18. The molecule has 7 heteroatoms. The van der Waals surface area contributed by atoms with Crippen molar-refractivity contribution in [1.29, 1.82) is 0 Å². The first-order valence-electron chi connectivity index (χ1n) is 8.21. The zero-order valence-corrected chi connectivity index (χ0v) is 14.7. The van der Waals surface area contributed by atoms with Gasteiger partial charge >= 0.3 is 0 Å². The number of aryl methyl sites for hydroxylation is 2. The van der Waals surface area contributed by atoms with Gasteiger partial charge in [0.25, 0.3) is 0 Å². The van der Waals surface area contributed by atoms with E-state index in [4.69, 9.17) is 0 Å². The lowest BCUT2D eigenvalue weighted by molar-refractivity contribution is 0.522. The van der Waals surface area contributed by atoms with E-state index in [1.165, 1.54) is 10.4 Å². The van der Waals surface area contributed by atoms with Gasteiger partial charge in [-0.15, -0.1) is 11.3 Å². The van der Waals surface area contributed by atoms with E-state index in [9.17, 15) is 0 Å². The Balaban J connectivity index is 1.57. The smallest absolute Gasteiger partial charge is 0.225 e. The molecule has 0 radical (unpaired) electrons. The average molecular weight is 340 g/mol. The van der Waals surface area contributed by atoms with Crippen molar-refractivity contribution in [2.24, 2.45) is 0 Å². The summed E-state index contributed by atoms with van der Waals surface area (Å²) in [5, 5.41) is 4.80. The highest BCUT2D eigenvalue weighted by Crippen LogP contribution is 2.33. The van der Waals surface area contributed by atoms with Gasteiger partial charge in [0.2, 0.25) is 5.95 Å². The zero-order valence-electron chi connectivity index (χ0n) is 13.9.